The zero-order valence-electron chi connectivity index (χ0n) is 39.1. The molecule has 68 heavy (non-hydrogen) atoms. The van der Waals surface area contributed by atoms with Gasteiger partial charge >= 0.3 is 0 Å². The summed E-state index contributed by atoms with van der Waals surface area (Å²) in [6, 6.07) is 36.5. The van der Waals surface area contributed by atoms with Crippen LogP contribution in [0.4, 0.5) is 21.5 Å². The molecule has 354 valence electrons. The van der Waals surface area contributed by atoms with Gasteiger partial charge in [-0.15, -0.1) is 0 Å². The first kappa shape index (κ1) is 48.6. The molecule has 2 heterocycles. The first-order chi connectivity index (χ1) is 32.9. The quantitative estimate of drug-likeness (QED) is 0.0960. The van der Waals surface area contributed by atoms with Crippen molar-refractivity contribution in [3.63, 3.8) is 0 Å². The maximum absolute atomic E-state index is 14.2. The normalized spacial score (nSPS) is 16.4. The van der Waals surface area contributed by atoms with Gasteiger partial charge in [0.1, 0.15) is 30.0 Å². The van der Waals surface area contributed by atoms with Gasteiger partial charge in [0, 0.05) is 70.2 Å². The van der Waals surface area contributed by atoms with Crippen LogP contribution >= 0.6 is 0 Å². The summed E-state index contributed by atoms with van der Waals surface area (Å²) in [6.07, 6.45) is 2.32. The number of anilines is 3. The van der Waals surface area contributed by atoms with Crippen LogP contribution in [-0.2, 0) is 41.9 Å². The smallest absolute Gasteiger partial charge is 0.250 e. The number of benzene rings is 5. The molecule has 2 fully saturated rings. The molecule has 7 rings (SSSR count). The van der Waals surface area contributed by atoms with E-state index in [4.69, 9.17) is 0 Å². The predicted molar refractivity (Wildman–Crippen MR) is 260 cm³/mol. The van der Waals surface area contributed by atoms with Crippen LogP contribution in [0.2, 0.25) is 0 Å². The minimum atomic E-state index is -0.840. The second kappa shape index (κ2) is 22.4. The van der Waals surface area contributed by atoms with Gasteiger partial charge in [-0.3, -0.25) is 28.8 Å². The molecular formula is C54H60FN7O6. The summed E-state index contributed by atoms with van der Waals surface area (Å²) >= 11 is 0. The lowest BCUT2D eigenvalue weighted by Crippen LogP contribution is -2.49. The minimum absolute atomic E-state index is 0.222. The van der Waals surface area contributed by atoms with Gasteiger partial charge < -0.3 is 35.1 Å². The summed E-state index contributed by atoms with van der Waals surface area (Å²) in [4.78, 5) is 89.6. The van der Waals surface area contributed by atoms with Gasteiger partial charge in [-0.1, -0.05) is 84.9 Å². The predicted octanol–water partition coefficient (Wildman–Crippen LogP) is 8.11. The first-order valence-corrected chi connectivity index (χ1v) is 23.4. The van der Waals surface area contributed by atoms with E-state index >= 15 is 0 Å². The van der Waals surface area contributed by atoms with Gasteiger partial charge in [0.25, 0.3) is 11.8 Å². The number of carbonyl (C=O) groups is 6. The highest BCUT2D eigenvalue weighted by atomic mass is 19.1. The monoisotopic (exact) mass is 921 g/mol. The summed E-state index contributed by atoms with van der Waals surface area (Å²) in [5.74, 6) is -1.96. The van der Waals surface area contributed by atoms with Crippen molar-refractivity contribution in [1.29, 1.82) is 0 Å². The van der Waals surface area contributed by atoms with Gasteiger partial charge in [0.15, 0.2) is 0 Å². The van der Waals surface area contributed by atoms with Crippen molar-refractivity contribution < 1.29 is 33.2 Å². The molecule has 0 spiro atoms. The summed E-state index contributed by atoms with van der Waals surface area (Å²) in [5, 5.41) is 6.01. The van der Waals surface area contributed by atoms with Crippen LogP contribution in [0.15, 0.2) is 133 Å². The molecular weight excluding hydrogens is 862 g/mol. The highest BCUT2D eigenvalue weighted by Crippen LogP contribution is 2.31. The van der Waals surface area contributed by atoms with Crippen molar-refractivity contribution in [1.82, 2.24) is 19.6 Å². The Labute approximate surface area is 397 Å². The highest BCUT2D eigenvalue weighted by molar-refractivity contribution is 6.00. The Hall–Kier alpha value is -7.35. The fourth-order valence-electron chi connectivity index (χ4n) is 9.45. The van der Waals surface area contributed by atoms with Crippen molar-refractivity contribution in [3.8, 4) is 0 Å². The lowest BCUT2D eigenvalue weighted by atomic mass is 10.0. The lowest BCUT2D eigenvalue weighted by molar-refractivity contribution is -0.147. The van der Waals surface area contributed by atoms with E-state index in [1.54, 1.807) is 21.9 Å². The Morgan fingerprint density at radius 2 is 0.941 bits per heavy atom. The maximum Gasteiger partial charge on any atom is 0.250 e. The topological polar surface area (TPSA) is 143 Å². The van der Waals surface area contributed by atoms with Crippen LogP contribution in [0.1, 0.15) is 87.7 Å². The maximum atomic E-state index is 14.2. The van der Waals surface area contributed by atoms with Crippen molar-refractivity contribution in [2.45, 2.75) is 90.6 Å². The Bertz CT molecular complexity index is 2390. The molecule has 0 aromatic heterocycles. The molecule has 4 atom stereocenters. The number of hydrogen-bond donors (Lipinski definition) is 2. The van der Waals surface area contributed by atoms with Crippen LogP contribution in [0.3, 0.4) is 0 Å². The number of rotatable bonds is 17. The fourth-order valence-corrected chi connectivity index (χ4v) is 9.45. The van der Waals surface area contributed by atoms with Crippen LogP contribution in [0.5, 0.6) is 0 Å². The molecule has 2 aliphatic rings. The van der Waals surface area contributed by atoms with E-state index in [1.807, 2.05) is 123 Å². The highest BCUT2D eigenvalue weighted by Gasteiger charge is 2.42. The number of halogens is 1. The number of amides is 6. The second-order valence-electron chi connectivity index (χ2n) is 17.3. The molecule has 6 amide bonds. The summed E-state index contributed by atoms with van der Waals surface area (Å²) in [7, 11) is 0. The summed E-state index contributed by atoms with van der Waals surface area (Å²) in [6.45, 7) is 8.96. The first-order valence-electron chi connectivity index (χ1n) is 23.4. The van der Waals surface area contributed by atoms with E-state index in [2.05, 4.69) is 15.5 Å². The molecule has 14 heteroatoms. The van der Waals surface area contributed by atoms with Gasteiger partial charge in [-0.25, -0.2) is 4.39 Å². The minimum Gasteiger partial charge on any atom is -0.363 e. The van der Waals surface area contributed by atoms with E-state index in [0.29, 0.717) is 87.5 Å². The second-order valence-corrected chi connectivity index (χ2v) is 17.3. The zero-order valence-corrected chi connectivity index (χ0v) is 39.1. The fraction of sp³-hybridized carbons (Fsp3) is 0.333. The van der Waals surface area contributed by atoms with Crippen LogP contribution in [0.25, 0.3) is 0 Å². The molecule has 0 radical (unpaired) electrons. The van der Waals surface area contributed by atoms with Gasteiger partial charge in [-0.05, 0) is 110 Å². The molecule has 2 aliphatic heterocycles. The number of carbonyl (C=O) groups excluding carboxylic acids is 6. The van der Waals surface area contributed by atoms with E-state index < -0.39 is 24.2 Å². The van der Waals surface area contributed by atoms with Crippen LogP contribution < -0.4 is 15.5 Å². The number of likely N-dealkylation sites (N-methyl/N-ethyl adjacent to an activating group) is 2. The molecule has 0 aliphatic carbocycles. The number of likely N-dealkylation sites (tertiary alicyclic amines) is 2. The zero-order chi connectivity index (χ0) is 48.3. The van der Waals surface area contributed by atoms with Crippen LogP contribution in [-0.4, -0.2) is 93.3 Å². The van der Waals surface area contributed by atoms with Crippen molar-refractivity contribution in [3.05, 3.63) is 162 Å². The van der Waals surface area contributed by atoms with Crippen LogP contribution in [0, 0.1) is 5.82 Å². The Balaban J connectivity index is 0.999. The Kier molecular flexibility index (Phi) is 16.0. The molecule has 5 aromatic rings. The molecule has 2 unspecified atom stereocenters. The molecule has 0 bridgehead atoms. The standard InChI is InChI=1S/C54H60FN7O6/c1-5-59(37(3)63)49(41-15-9-7-10-16-41)53(67)61-33-13-19-47(61)51(65)56-44-27-21-39(22-28-44)35-58(46-31-25-43(55)26-32-46)36-40-23-29-45(30-24-40)57-52(66)48-20-14-34-62(48)54(68)50(60(6-2)38(4)64)42-17-11-8-12-18-42/h7-12,15-18,21-32,47-50H,5-6,13-14,19-20,33-36H2,1-4H3,(H,56,65)(H,57,66)/t47?,48?,49-,50-/m1/s1. The van der Waals surface area contributed by atoms with E-state index in [0.717, 1.165) is 16.8 Å². The average Bonchev–Trinajstić information content (AvgIpc) is 4.05. The molecule has 2 saturated heterocycles. The lowest BCUT2D eigenvalue weighted by Gasteiger charge is -2.34. The number of hydrogen-bond acceptors (Lipinski definition) is 7. The molecule has 13 nitrogen and oxygen atoms in total. The Morgan fingerprint density at radius 1 is 0.559 bits per heavy atom. The van der Waals surface area contributed by atoms with Gasteiger partial charge in [0.05, 0.1) is 0 Å². The van der Waals surface area contributed by atoms with E-state index in [9.17, 15) is 33.2 Å². The number of nitrogens with one attached hydrogen (secondary N) is 2. The van der Waals surface area contributed by atoms with Crippen molar-refractivity contribution >= 4 is 52.5 Å². The van der Waals surface area contributed by atoms with Gasteiger partial charge in [0.2, 0.25) is 23.6 Å². The Morgan fingerprint density at radius 3 is 1.29 bits per heavy atom. The van der Waals surface area contributed by atoms with E-state index in [1.165, 1.54) is 35.8 Å². The van der Waals surface area contributed by atoms with Crippen molar-refractivity contribution in [2.24, 2.45) is 0 Å². The van der Waals surface area contributed by atoms with Gasteiger partial charge in [-0.2, -0.15) is 0 Å². The SMILES string of the molecule is CCN(C(C)=O)[C@@H](C(=O)N1CCCC1C(=O)Nc1ccc(CN(Cc2ccc(NC(=O)C3CCCN3C(=O)[C@@H](c3ccccc3)N(CC)C(C)=O)cc2)c2ccc(F)cc2)cc1)c1ccccc1. The molecule has 2 N–H and O–H groups in total. The third-order valence-electron chi connectivity index (χ3n) is 12.9. The number of nitrogens with zero attached hydrogens (tertiary/aromatic N) is 5. The summed E-state index contributed by atoms with van der Waals surface area (Å²) in [5.41, 5.74) is 5.18. The molecule has 0 saturated carbocycles. The molecule has 5 aromatic carbocycles. The average molecular weight is 922 g/mol. The van der Waals surface area contributed by atoms with Crippen molar-refractivity contribution in [2.75, 3.05) is 41.7 Å². The third-order valence-corrected chi connectivity index (χ3v) is 12.9. The summed E-state index contributed by atoms with van der Waals surface area (Å²) < 4.78 is 14.1. The third kappa shape index (κ3) is 11.4. The van der Waals surface area contributed by atoms with E-state index in [-0.39, 0.29) is 41.3 Å². The largest absolute Gasteiger partial charge is 0.363 e.